The van der Waals surface area contributed by atoms with Gasteiger partial charge in [0.2, 0.25) is 5.88 Å². The van der Waals surface area contributed by atoms with Gasteiger partial charge in [-0.15, -0.1) is 0 Å². The van der Waals surface area contributed by atoms with Crippen molar-refractivity contribution in [2.45, 2.75) is 6.54 Å². The van der Waals surface area contributed by atoms with E-state index in [1.807, 2.05) is 24.3 Å². The summed E-state index contributed by atoms with van der Waals surface area (Å²) in [6.07, 6.45) is 1.39. The minimum atomic E-state index is -0.463. The van der Waals surface area contributed by atoms with Gasteiger partial charge < -0.3 is 14.4 Å². The van der Waals surface area contributed by atoms with Gasteiger partial charge in [0, 0.05) is 13.6 Å². The summed E-state index contributed by atoms with van der Waals surface area (Å²) in [4.78, 5) is 22.0. The molecule has 0 unspecified atom stereocenters. The Morgan fingerprint density at radius 2 is 2.00 bits per heavy atom. The number of methoxy groups -OCH3 is 1. The average Bonchev–Trinajstić information content (AvgIpc) is 2.66. The number of nitrogens with zero attached hydrogens (tertiary/aromatic N) is 3. The number of aromatic nitrogens is 2. The van der Waals surface area contributed by atoms with Crippen LogP contribution in [0.4, 0.5) is 4.39 Å². The zero-order valence-electron chi connectivity index (χ0n) is 14.5. The largest absolute Gasteiger partial charge is 0.494 e. The van der Waals surface area contributed by atoms with Gasteiger partial charge in [0.15, 0.2) is 18.2 Å². The number of fused-ring (bicyclic) bond motifs is 1. The number of likely N-dealkylation sites (N-methyl/N-ethyl adjacent to an activating group) is 1. The summed E-state index contributed by atoms with van der Waals surface area (Å²) in [7, 11) is 3.04. The molecule has 0 fully saturated rings. The van der Waals surface area contributed by atoms with E-state index < -0.39 is 5.82 Å². The molecule has 3 rings (SSSR count). The molecule has 3 aromatic rings. The first-order valence-electron chi connectivity index (χ1n) is 7.97. The molecular weight excluding hydrogens is 337 g/mol. The molecule has 0 atom stereocenters. The minimum Gasteiger partial charge on any atom is -0.494 e. The number of hydrogen-bond acceptors (Lipinski definition) is 5. The number of carbonyl (C=O) groups excluding carboxylic acids is 1. The quantitative estimate of drug-likeness (QED) is 0.680. The van der Waals surface area contributed by atoms with E-state index in [1.54, 1.807) is 13.1 Å². The summed E-state index contributed by atoms with van der Waals surface area (Å²) in [6.45, 7) is 0.0871. The van der Waals surface area contributed by atoms with Crippen LogP contribution < -0.4 is 9.47 Å². The number of hydrogen-bond donors (Lipinski definition) is 0. The lowest BCUT2D eigenvalue weighted by molar-refractivity contribution is -0.132. The first kappa shape index (κ1) is 17.6. The number of rotatable bonds is 6. The smallest absolute Gasteiger partial charge is 0.260 e. The highest BCUT2D eigenvalue weighted by Crippen LogP contribution is 2.21. The highest BCUT2D eigenvalue weighted by molar-refractivity contribution is 5.84. The Bertz CT molecular complexity index is 928. The summed E-state index contributed by atoms with van der Waals surface area (Å²) >= 11 is 0. The van der Waals surface area contributed by atoms with Gasteiger partial charge in [-0.05, 0) is 29.8 Å². The number of amides is 1. The van der Waals surface area contributed by atoms with Crippen LogP contribution in [-0.2, 0) is 11.3 Å². The van der Waals surface area contributed by atoms with Crippen LogP contribution in [0.3, 0.4) is 0 Å². The van der Waals surface area contributed by atoms with Gasteiger partial charge >= 0.3 is 0 Å². The standard InChI is InChI=1S/C19H18FN3O3/c1-23(10-13-7-8-17(25-2)15(20)9-13)18(24)11-26-19-14-5-3-4-6-16(14)21-12-22-19/h3-9,12H,10-11H2,1-2H3. The molecule has 7 heteroatoms. The molecule has 134 valence electrons. The zero-order valence-corrected chi connectivity index (χ0v) is 14.5. The van der Waals surface area contributed by atoms with Gasteiger partial charge in [0.1, 0.15) is 6.33 Å². The van der Waals surface area contributed by atoms with Crippen molar-refractivity contribution in [1.82, 2.24) is 14.9 Å². The molecule has 0 aliphatic carbocycles. The SMILES string of the molecule is COc1ccc(CN(C)C(=O)COc2ncnc3ccccc23)cc1F. The van der Waals surface area contributed by atoms with Crippen molar-refractivity contribution < 1.29 is 18.7 Å². The van der Waals surface area contributed by atoms with Crippen LogP contribution >= 0.6 is 0 Å². The molecule has 0 saturated heterocycles. The summed E-state index contributed by atoms with van der Waals surface area (Å²) in [5.74, 6) is -0.187. The second-order valence-corrected chi connectivity index (χ2v) is 5.70. The summed E-state index contributed by atoms with van der Waals surface area (Å²) in [6, 6.07) is 12.0. The predicted octanol–water partition coefficient (Wildman–Crippen LogP) is 2.81. The van der Waals surface area contributed by atoms with Crippen LogP contribution in [0.5, 0.6) is 11.6 Å². The third-order valence-corrected chi connectivity index (χ3v) is 3.90. The third kappa shape index (κ3) is 3.88. The van der Waals surface area contributed by atoms with E-state index in [0.29, 0.717) is 11.4 Å². The van der Waals surface area contributed by atoms with Gasteiger partial charge in [-0.3, -0.25) is 4.79 Å². The Kier molecular flexibility index (Phi) is 5.26. The first-order valence-corrected chi connectivity index (χ1v) is 7.97. The fourth-order valence-electron chi connectivity index (χ4n) is 2.51. The monoisotopic (exact) mass is 355 g/mol. The fourth-order valence-corrected chi connectivity index (χ4v) is 2.51. The molecule has 6 nitrogen and oxygen atoms in total. The first-order chi connectivity index (χ1) is 12.6. The zero-order chi connectivity index (χ0) is 18.5. The molecule has 0 spiro atoms. The van der Waals surface area contributed by atoms with Gasteiger partial charge in [-0.1, -0.05) is 18.2 Å². The molecule has 26 heavy (non-hydrogen) atoms. The molecule has 0 aliphatic rings. The van der Waals surface area contributed by atoms with E-state index in [2.05, 4.69) is 9.97 Å². The number of para-hydroxylation sites is 1. The van der Waals surface area contributed by atoms with Crippen molar-refractivity contribution >= 4 is 16.8 Å². The van der Waals surface area contributed by atoms with Crippen molar-refractivity contribution in [3.05, 3.63) is 60.2 Å². The van der Waals surface area contributed by atoms with Crippen LogP contribution in [0.15, 0.2) is 48.8 Å². The molecule has 0 radical (unpaired) electrons. The number of carbonyl (C=O) groups is 1. The van der Waals surface area contributed by atoms with Crippen LogP contribution in [0.2, 0.25) is 0 Å². The van der Waals surface area contributed by atoms with Gasteiger partial charge in [-0.25, -0.2) is 14.4 Å². The second kappa shape index (κ2) is 7.77. The van der Waals surface area contributed by atoms with E-state index in [1.165, 1.54) is 30.5 Å². The maximum absolute atomic E-state index is 13.8. The van der Waals surface area contributed by atoms with E-state index >= 15 is 0 Å². The van der Waals surface area contributed by atoms with Crippen molar-refractivity contribution in [3.8, 4) is 11.6 Å². The van der Waals surface area contributed by atoms with Crippen LogP contribution in [0.25, 0.3) is 10.9 Å². The molecule has 0 saturated carbocycles. The van der Waals surface area contributed by atoms with Crippen molar-refractivity contribution in [1.29, 1.82) is 0 Å². The van der Waals surface area contributed by atoms with Gasteiger partial charge in [-0.2, -0.15) is 0 Å². The molecular formula is C19H18FN3O3. The number of benzene rings is 2. The lowest BCUT2D eigenvalue weighted by Crippen LogP contribution is -2.31. The lowest BCUT2D eigenvalue weighted by Gasteiger charge is -2.18. The summed E-state index contributed by atoms with van der Waals surface area (Å²) in [5, 5.41) is 0.739. The van der Waals surface area contributed by atoms with E-state index in [0.717, 1.165) is 10.9 Å². The Hall–Kier alpha value is -3.22. The van der Waals surface area contributed by atoms with Crippen LogP contribution in [0.1, 0.15) is 5.56 Å². The highest BCUT2D eigenvalue weighted by Gasteiger charge is 2.13. The van der Waals surface area contributed by atoms with Crippen molar-refractivity contribution in [2.24, 2.45) is 0 Å². The van der Waals surface area contributed by atoms with E-state index in [4.69, 9.17) is 9.47 Å². The lowest BCUT2D eigenvalue weighted by atomic mass is 10.2. The molecule has 1 amide bonds. The van der Waals surface area contributed by atoms with Crippen LogP contribution in [-0.4, -0.2) is 41.5 Å². The Morgan fingerprint density at radius 3 is 2.77 bits per heavy atom. The summed E-state index contributed by atoms with van der Waals surface area (Å²) in [5.41, 5.74) is 1.40. The topological polar surface area (TPSA) is 64.5 Å². The second-order valence-electron chi connectivity index (χ2n) is 5.70. The molecule has 0 aliphatic heterocycles. The van der Waals surface area contributed by atoms with Crippen molar-refractivity contribution in [3.63, 3.8) is 0 Å². The minimum absolute atomic E-state index is 0.168. The maximum Gasteiger partial charge on any atom is 0.260 e. The van der Waals surface area contributed by atoms with E-state index in [9.17, 15) is 9.18 Å². The Morgan fingerprint density at radius 1 is 1.19 bits per heavy atom. The van der Waals surface area contributed by atoms with Crippen LogP contribution in [0, 0.1) is 5.82 Å². The highest BCUT2D eigenvalue weighted by atomic mass is 19.1. The molecule has 0 N–H and O–H groups in total. The fraction of sp³-hybridized carbons (Fsp3) is 0.211. The maximum atomic E-state index is 13.8. The Balaban J connectivity index is 1.63. The number of ether oxygens (including phenoxy) is 2. The van der Waals surface area contributed by atoms with Gasteiger partial charge in [0.05, 0.1) is 18.0 Å². The number of halogens is 1. The molecule has 1 heterocycles. The third-order valence-electron chi connectivity index (χ3n) is 3.90. The summed E-state index contributed by atoms with van der Waals surface area (Å²) < 4.78 is 24.2. The van der Waals surface area contributed by atoms with Crippen molar-refractivity contribution in [2.75, 3.05) is 20.8 Å². The Labute approximate surface area is 150 Å². The molecule has 0 bridgehead atoms. The van der Waals surface area contributed by atoms with Gasteiger partial charge in [0.25, 0.3) is 5.91 Å². The predicted molar refractivity (Wildman–Crippen MR) is 94.5 cm³/mol. The average molecular weight is 355 g/mol. The normalized spacial score (nSPS) is 10.6. The van der Waals surface area contributed by atoms with E-state index in [-0.39, 0.29) is 24.8 Å². The molecule has 1 aromatic heterocycles. The molecule has 2 aromatic carbocycles.